The van der Waals surface area contributed by atoms with Crippen LogP contribution in [0.5, 0.6) is 0 Å². The minimum absolute atomic E-state index is 0.133. The molecular weight excluding hydrogens is 180 g/mol. The Labute approximate surface area is 85.2 Å². The molecule has 0 aromatic heterocycles. The van der Waals surface area contributed by atoms with Crippen LogP contribution in [0.25, 0.3) is 0 Å². The van der Waals surface area contributed by atoms with E-state index in [1.807, 2.05) is 38.3 Å². The fourth-order valence-corrected chi connectivity index (χ4v) is 1.62. The Morgan fingerprint density at radius 2 is 1.92 bits per heavy atom. The van der Waals surface area contributed by atoms with Gasteiger partial charge in [0.25, 0.3) is 0 Å². The van der Waals surface area contributed by atoms with Crippen LogP contribution in [-0.4, -0.2) is 11.4 Å². The minimum atomic E-state index is 0.133. The first-order valence-electron chi connectivity index (χ1n) is 4.52. The average molecular weight is 198 g/mol. The SMILES string of the molecule is CC.CSc1cc(CO)ccc1C. The molecule has 0 aliphatic rings. The highest BCUT2D eigenvalue weighted by Gasteiger charge is 1.96. The van der Waals surface area contributed by atoms with Crippen LogP contribution in [0.15, 0.2) is 23.1 Å². The molecule has 0 heterocycles. The Hall–Kier alpha value is -0.470. The number of aliphatic hydroxyl groups excluding tert-OH is 1. The molecule has 1 rings (SSSR count). The van der Waals surface area contributed by atoms with Gasteiger partial charge in [-0.05, 0) is 30.4 Å². The van der Waals surface area contributed by atoms with Crippen molar-refractivity contribution in [2.75, 3.05) is 6.26 Å². The maximum atomic E-state index is 8.84. The van der Waals surface area contributed by atoms with Gasteiger partial charge in [0, 0.05) is 4.90 Å². The fourth-order valence-electron chi connectivity index (χ4n) is 0.963. The van der Waals surface area contributed by atoms with Gasteiger partial charge in [-0.2, -0.15) is 0 Å². The van der Waals surface area contributed by atoms with Crippen LogP contribution in [0.1, 0.15) is 25.0 Å². The molecule has 1 N–H and O–H groups in total. The molecule has 0 aliphatic carbocycles. The van der Waals surface area contributed by atoms with Gasteiger partial charge in [0.05, 0.1) is 6.61 Å². The normalized spacial score (nSPS) is 9.00. The van der Waals surface area contributed by atoms with Gasteiger partial charge in [-0.25, -0.2) is 0 Å². The van der Waals surface area contributed by atoms with Gasteiger partial charge in [0.1, 0.15) is 0 Å². The first kappa shape index (κ1) is 12.5. The van der Waals surface area contributed by atoms with Crippen LogP contribution < -0.4 is 0 Å². The zero-order valence-electron chi connectivity index (χ0n) is 8.79. The van der Waals surface area contributed by atoms with E-state index in [4.69, 9.17) is 5.11 Å². The zero-order chi connectivity index (χ0) is 10.3. The van der Waals surface area contributed by atoms with E-state index in [1.165, 1.54) is 10.5 Å². The van der Waals surface area contributed by atoms with Gasteiger partial charge in [0.15, 0.2) is 0 Å². The van der Waals surface area contributed by atoms with Crippen LogP contribution in [0.2, 0.25) is 0 Å². The van der Waals surface area contributed by atoms with E-state index in [-0.39, 0.29) is 6.61 Å². The van der Waals surface area contributed by atoms with Gasteiger partial charge in [-0.1, -0.05) is 26.0 Å². The second kappa shape index (κ2) is 6.98. The van der Waals surface area contributed by atoms with Crippen molar-refractivity contribution < 1.29 is 5.11 Å². The molecule has 1 aromatic carbocycles. The molecule has 0 unspecified atom stereocenters. The van der Waals surface area contributed by atoms with E-state index in [0.717, 1.165) is 5.56 Å². The van der Waals surface area contributed by atoms with Crippen molar-refractivity contribution in [1.82, 2.24) is 0 Å². The Morgan fingerprint density at radius 3 is 2.38 bits per heavy atom. The molecule has 1 nitrogen and oxygen atoms in total. The van der Waals surface area contributed by atoms with E-state index in [9.17, 15) is 0 Å². The number of aryl methyl sites for hydroxylation is 1. The summed E-state index contributed by atoms with van der Waals surface area (Å²) in [5.74, 6) is 0. The molecule has 0 saturated heterocycles. The van der Waals surface area contributed by atoms with E-state index >= 15 is 0 Å². The van der Waals surface area contributed by atoms with Crippen molar-refractivity contribution in [3.8, 4) is 0 Å². The smallest absolute Gasteiger partial charge is 0.0682 e. The lowest BCUT2D eigenvalue weighted by atomic mass is 10.2. The van der Waals surface area contributed by atoms with Gasteiger partial charge in [0.2, 0.25) is 0 Å². The minimum Gasteiger partial charge on any atom is -0.392 e. The van der Waals surface area contributed by atoms with E-state index in [0.29, 0.717) is 0 Å². The summed E-state index contributed by atoms with van der Waals surface area (Å²) >= 11 is 1.71. The van der Waals surface area contributed by atoms with Gasteiger partial charge in [-0.15, -0.1) is 11.8 Å². The highest BCUT2D eigenvalue weighted by molar-refractivity contribution is 7.98. The van der Waals surface area contributed by atoms with Crippen molar-refractivity contribution >= 4 is 11.8 Å². The first-order valence-corrected chi connectivity index (χ1v) is 5.74. The van der Waals surface area contributed by atoms with Crippen molar-refractivity contribution in [2.24, 2.45) is 0 Å². The van der Waals surface area contributed by atoms with Gasteiger partial charge in [-0.3, -0.25) is 0 Å². The van der Waals surface area contributed by atoms with Crippen LogP contribution in [0.3, 0.4) is 0 Å². The molecule has 0 fully saturated rings. The van der Waals surface area contributed by atoms with Crippen LogP contribution in [0.4, 0.5) is 0 Å². The molecular formula is C11H18OS. The highest BCUT2D eigenvalue weighted by atomic mass is 32.2. The first-order chi connectivity index (χ1) is 6.27. The molecule has 0 atom stereocenters. The van der Waals surface area contributed by atoms with Gasteiger partial charge >= 0.3 is 0 Å². The molecule has 13 heavy (non-hydrogen) atoms. The summed E-state index contributed by atoms with van der Waals surface area (Å²) in [6.45, 7) is 6.21. The monoisotopic (exact) mass is 198 g/mol. The Bertz CT molecular complexity index is 246. The number of rotatable bonds is 2. The second-order valence-corrected chi connectivity index (χ2v) is 3.31. The Kier molecular flexibility index (Phi) is 6.73. The number of thioether (sulfide) groups is 1. The van der Waals surface area contributed by atoms with Crippen molar-refractivity contribution in [1.29, 1.82) is 0 Å². The number of hydrogen-bond acceptors (Lipinski definition) is 2. The molecule has 74 valence electrons. The standard InChI is InChI=1S/C9H12OS.C2H6/c1-7-3-4-8(6-10)5-9(7)11-2;1-2/h3-5,10H,6H2,1-2H3;1-2H3. The summed E-state index contributed by atoms with van der Waals surface area (Å²) in [6, 6.07) is 6.02. The Balaban J connectivity index is 0.000000671. The highest BCUT2D eigenvalue weighted by Crippen LogP contribution is 2.20. The summed E-state index contributed by atoms with van der Waals surface area (Å²) in [7, 11) is 0. The van der Waals surface area contributed by atoms with Crippen LogP contribution in [0, 0.1) is 6.92 Å². The van der Waals surface area contributed by atoms with E-state index < -0.39 is 0 Å². The average Bonchev–Trinajstić information content (AvgIpc) is 2.22. The molecule has 0 spiro atoms. The summed E-state index contributed by atoms with van der Waals surface area (Å²) in [4.78, 5) is 1.25. The van der Waals surface area contributed by atoms with Gasteiger partial charge < -0.3 is 5.11 Å². The molecule has 1 aromatic rings. The molecule has 0 bridgehead atoms. The van der Waals surface area contributed by atoms with E-state index in [1.54, 1.807) is 11.8 Å². The number of hydrogen-bond donors (Lipinski definition) is 1. The molecule has 2 heteroatoms. The van der Waals surface area contributed by atoms with Crippen LogP contribution in [-0.2, 0) is 6.61 Å². The summed E-state index contributed by atoms with van der Waals surface area (Å²) in [6.07, 6.45) is 2.05. The lowest BCUT2D eigenvalue weighted by Crippen LogP contribution is -1.85. The lowest BCUT2D eigenvalue weighted by molar-refractivity contribution is 0.281. The van der Waals surface area contributed by atoms with Crippen LogP contribution >= 0.6 is 11.8 Å². The molecule has 0 amide bonds. The summed E-state index contributed by atoms with van der Waals surface area (Å²) in [5.41, 5.74) is 2.26. The maximum absolute atomic E-state index is 8.84. The quantitative estimate of drug-likeness (QED) is 0.736. The van der Waals surface area contributed by atoms with E-state index in [2.05, 4.69) is 6.92 Å². The number of benzene rings is 1. The third-order valence-corrected chi connectivity index (χ3v) is 2.53. The van der Waals surface area contributed by atoms with Crippen molar-refractivity contribution in [3.63, 3.8) is 0 Å². The third kappa shape index (κ3) is 3.83. The third-order valence-electron chi connectivity index (χ3n) is 1.66. The lowest BCUT2D eigenvalue weighted by Gasteiger charge is -2.03. The number of aliphatic hydroxyl groups is 1. The molecule has 0 saturated carbocycles. The fraction of sp³-hybridized carbons (Fsp3) is 0.455. The molecule has 0 radical (unpaired) electrons. The molecule has 0 aliphatic heterocycles. The topological polar surface area (TPSA) is 20.2 Å². The van der Waals surface area contributed by atoms with Crippen molar-refractivity contribution in [3.05, 3.63) is 29.3 Å². The predicted octanol–water partition coefficient (Wildman–Crippen LogP) is 3.24. The van der Waals surface area contributed by atoms with Crippen molar-refractivity contribution in [2.45, 2.75) is 32.3 Å². The zero-order valence-corrected chi connectivity index (χ0v) is 9.61. The predicted molar refractivity (Wildman–Crippen MR) is 60.2 cm³/mol. The second-order valence-electron chi connectivity index (χ2n) is 2.46. The summed E-state index contributed by atoms with van der Waals surface area (Å²) in [5, 5.41) is 8.84. The Morgan fingerprint density at radius 1 is 1.31 bits per heavy atom. The largest absolute Gasteiger partial charge is 0.392 e. The summed E-state index contributed by atoms with van der Waals surface area (Å²) < 4.78 is 0. The maximum Gasteiger partial charge on any atom is 0.0682 e.